The van der Waals surface area contributed by atoms with Gasteiger partial charge in [-0.2, -0.15) is 13.2 Å². The van der Waals surface area contributed by atoms with Crippen molar-refractivity contribution in [3.05, 3.63) is 75.9 Å². The van der Waals surface area contributed by atoms with Gasteiger partial charge in [-0.1, -0.05) is 18.6 Å². The summed E-state index contributed by atoms with van der Waals surface area (Å²) in [5.41, 5.74) is -0.581. The summed E-state index contributed by atoms with van der Waals surface area (Å²) in [4.78, 5) is 18.3. The van der Waals surface area contributed by atoms with Crippen molar-refractivity contribution in [1.82, 2.24) is 29.2 Å². The number of nitrogens with one attached hydrogen (secondary N) is 1. The second kappa shape index (κ2) is 9.83. The molecule has 2 aliphatic rings. The van der Waals surface area contributed by atoms with Crippen LogP contribution in [0.1, 0.15) is 54.7 Å². The molecule has 0 amide bonds. The third kappa shape index (κ3) is 4.51. The molecule has 1 aliphatic carbocycles. The Morgan fingerprint density at radius 1 is 1.18 bits per heavy atom. The quantitative estimate of drug-likeness (QED) is 0.320. The van der Waals surface area contributed by atoms with Crippen LogP contribution in [0, 0.1) is 5.92 Å². The molecule has 1 saturated heterocycles. The molecule has 0 spiro atoms. The molecule has 2 fully saturated rings. The minimum absolute atomic E-state index is 0.156. The number of H-pyrrole nitrogens is 1. The minimum atomic E-state index is -4.72. The molecule has 1 unspecified atom stereocenters. The van der Waals surface area contributed by atoms with E-state index in [0.29, 0.717) is 30.8 Å². The lowest BCUT2D eigenvalue weighted by Crippen LogP contribution is -2.38. The van der Waals surface area contributed by atoms with Crippen molar-refractivity contribution in [3.63, 3.8) is 0 Å². The van der Waals surface area contributed by atoms with Crippen LogP contribution in [0.2, 0.25) is 0 Å². The van der Waals surface area contributed by atoms with E-state index in [1.54, 1.807) is 29.4 Å². The largest absolute Gasteiger partial charge is 0.418 e. The average Bonchev–Trinajstić information content (AvgIpc) is 3.50. The zero-order valence-corrected chi connectivity index (χ0v) is 21.9. The molecule has 7 nitrogen and oxygen atoms in total. The van der Waals surface area contributed by atoms with Crippen molar-refractivity contribution in [2.75, 3.05) is 13.1 Å². The number of piperidine rings is 1. The Bertz CT molecular complexity index is 1600. The molecule has 4 heterocycles. The van der Waals surface area contributed by atoms with Crippen molar-refractivity contribution in [2.45, 2.75) is 56.7 Å². The Labute approximate surface area is 226 Å². The van der Waals surface area contributed by atoms with Gasteiger partial charge in [0.15, 0.2) is 0 Å². The fourth-order valence-electron chi connectivity index (χ4n) is 6.30. The Hall–Kier alpha value is -3.54. The summed E-state index contributed by atoms with van der Waals surface area (Å²) < 4.78 is 72.2. The van der Waals surface area contributed by atoms with Crippen molar-refractivity contribution < 1.29 is 22.0 Å². The van der Waals surface area contributed by atoms with Gasteiger partial charge in [-0.15, -0.1) is 10.2 Å². The maximum Gasteiger partial charge on any atom is 0.418 e. The van der Waals surface area contributed by atoms with Gasteiger partial charge in [0.25, 0.3) is 5.56 Å². The normalized spacial score (nSPS) is 19.8. The van der Waals surface area contributed by atoms with E-state index in [4.69, 9.17) is 0 Å². The molecule has 1 atom stereocenters. The van der Waals surface area contributed by atoms with E-state index < -0.39 is 35.1 Å². The van der Waals surface area contributed by atoms with E-state index in [-0.39, 0.29) is 24.0 Å². The third-order valence-corrected chi connectivity index (χ3v) is 8.48. The topological polar surface area (TPSA) is 71.7 Å². The van der Waals surface area contributed by atoms with Gasteiger partial charge in [-0.3, -0.25) is 14.3 Å². The number of aromatic nitrogens is 5. The van der Waals surface area contributed by atoms with Gasteiger partial charge in [0.05, 0.1) is 11.0 Å². The van der Waals surface area contributed by atoms with Gasteiger partial charge >= 0.3 is 6.18 Å². The Kier molecular flexibility index (Phi) is 6.55. The molecule has 1 N–H and O–H groups in total. The Morgan fingerprint density at radius 3 is 2.62 bits per heavy atom. The van der Waals surface area contributed by atoms with Crippen LogP contribution >= 0.6 is 0 Å². The second-order valence-electron chi connectivity index (χ2n) is 11.0. The predicted molar refractivity (Wildman–Crippen MR) is 139 cm³/mol. The Morgan fingerprint density at radius 2 is 1.98 bits per heavy atom. The van der Waals surface area contributed by atoms with Crippen LogP contribution in [-0.2, 0) is 25.2 Å². The minimum Gasteiger partial charge on any atom is -0.353 e. The molecule has 3 aromatic heterocycles. The maximum atomic E-state index is 14.3. The summed E-state index contributed by atoms with van der Waals surface area (Å²) >= 11 is 0. The van der Waals surface area contributed by atoms with Gasteiger partial charge in [0, 0.05) is 49.0 Å². The van der Waals surface area contributed by atoms with Crippen LogP contribution in [0.3, 0.4) is 0 Å². The van der Waals surface area contributed by atoms with Gasteiger partial charge in [0.2, 0.25) is 6.43 Å². The highest BCUT2D eigenvalue weighted by Gasteiger charge is 2.44. The van der Waals surface area contributed by atoms with E-state index >= 15 is 0 Å². The van der Waals surface area contributed by atoms with Crippen LogP contribution in [-0.4, -0.2) is 48.7 Å². The van der Waals surface area contributed by atoms with Crippen molar-refractivity contribution in [3.8, 4) is 5.69 Å². The van der Waals surface area contributed by atoms with E-state index in [2.05, 4.69) is 15.2 Å². The van der Waals surface area contributed by atoms with Crippen molar-refractivity contribution in [1.29, 1.82) is 0 Å². The van der Waals surface area contributed by atoms with E-state index in [9.17, 15) is 26.7 Å². The summed E-state index contributed by atoms with van der Waals surface area (Å²) in [6.45, 7) is 0.878. The first-order valence-corrected chi connectivity index (χ1v) is 13.4. The third-order valence-electron chi connectivity index (χ3n) is 8.48. The summed E-state index contributed by atoms with van der Waals surface area (Å²) in [6.07, 6.45) is -1.09. The first-order chi connectivity index (χ1) is 19.1. The standard InChI is InChI=1S/C28H29F5N6O/c1-37-16-34-36-26(37)27(8-4-9-27)18-6-2-7-20(11-18)39-15-22(28(31,32)33)21-12-19(35-23(21)25(39)40)14-38-10-3-5-17(13-38)24(29)30/h2,6-7,11-12,15-17,24,35H,3-5,8-10,13-14H2,1H3. The van der Waals surface area contributed by atoms with E-state index in [0.717, 1.165) is 41.4 Å². The number of benzene rings is 1. The molecule has 4 aromatic rings. The first kappa shape index (κ1) is 26.7. The lowest BCUT2D eigenvalue weighted by Gasteiger charge is -2.41. The van der Waals surface area contributed by atoms with E-state index in [1.807, 2.05) is 17.7 Å². The summed E-state index contributed by atoms with van der Waals surface area (Å²) in [6, 6.07) is 8.33. The molecule has 1 saturated carbocycles. The van der Waals surface area contributed by atoms with Gasteiger partial charge in [-0.05, 0) is 56.0 Å². The molecule has 212 valence electrons. The molecule has 0 radical (unpaired) electrons. The predicted octanol–water partition coefficient (Wildman–Crippen LogP) is 5.41. The van der Waals surface area contributed by atoms with Gasteiger partial charge in [0.1, 0.15) is 17.7 Å². The van der Waals surface area contributed by atoms with Gasteiger partial charge < -0.3 is 9.55 Å². The summed E-state index contributed by atoms with van der Waals surface area (Å²) in [5, 5.41) is 8.09. The first-order valence-electron chi connectivity index (χ1n) is 13.4. The molecule has 40 heavy (non-hydrogen) atoms. The van der Waals surface area contributed by atoms with Crippen LogP contribution in [0.5, 0.6) is 0 Å². The van der Waals surface area contributed by atoms with Crippen molar-refractivity contribution in [2.24, 2.45) is 13.0 Å². The highest BCUT2D eigenvalue weighted by atomic mass is 19.4. The molecule has 1 aliphatic heterocycles. The Balaban J connectivity index is 1.41. The highest BCUT2D eigenvalue weighted by molar-refractivity contribution is 5.84. The maximum absolute atomic E-state index is 14.3. The SMILES string of the molecule is Cn1cnnc1C1(c2cccc(-n3cc(C(F)(F)F)c4cc(CN5CCCC(C(F)F)C5)[nH]c4c3=O)c2)CCC1. The molecular formula is C28H29F5N6O. The van der Waals surface area contributed by atoms with Crippen LogP contribution in [0.15, 0.2) is 47.7 Å². The number of halogens is 5. The molecule has 6 rings (SSSR count). The molecule has 12 heteroatoms. The number of hydrogen-bond donors (Lipinski definition) is 1. The van der Waals surface area contributed by atoms with Crippen LogP contribution in [0.4, 0.5) is 22.0 Å². The lowest BCUT2D eigenvalue weighted by atomic mass is 9.63. The van der Waals surface area contributed by atoms with Crippen LogP contribution < -0.4 is 5.56 Å². The lowest BCUT2D eigenvalue weighted by molar-refractivity contribution is -0.136. The summed E-state index contributed by atoms with van der Waals surface area (Å²) in [5.74, 6) is 0.00404. The number of aromatic amines is 1. The monoisotopic (exact) mass is 560 g/mol. The number of alkyl halides is 5. The summed E-state index contributed by atoms with van der Waals surface area (Å²) in [7, 11) is 1.85. The number of nitrogens with zero attached hydrogens (tertiary/aromatic N) is 5. The number of likely N-dealkylation sites (tertiary alicyclic amines) is 1. The molecule has 1 aromatic carbocycles. The fourth-order valence-corrected chi connectivity index (χ4v) is 6.30. The zero-order valence-electron chi connectivity index (χ0n) is 21.9. The van der Waals surface area contributed by atoms with Crippen LogP contribution in [0.25, 0.3) is 16.6 Å². The number of hydrogen-bond acceptors (Lipinski definition) is 4. The number of fused-ring (bicyclic) bond motifs is 1. The number of rotatable bonds is 6. The smallest absolute Gasteiger partial charge is 0.353 e. The number of pyridine rings is 1. The molecular weight excluding hydrogens is 531 g/mol. The second-order valence-corrected chi connectivity index (χ2v) is 11.0. The van der Waals surface area contributed by atoms with Gasteiger partial charge in [-0.25, -0.2) is 8.78 Å². The molecule has 0 bridgehead atoms. The highest BCUT2D eigenvalue weighted by Crippen LogP contribution is 2.48. The number of aryl methyl sites for hydroxylation is 1. The van der Waals surface area contributed by atoms with Crippen molar-refractivity contribution >= 4 is 10.9 Å². The average molecular weight is 561 g/mol. The zero-order chi connectivity index (χ0) is 28.2. The van der Waals surface area contributed by atoms with E-state index in [1.165, 1.54) is 6.07 Å². The fraction of sp³-hybridized carbons (Fsp3) is 0.464.